The van der Waals surface area contributed by atoms with Crippen molar-refractivity contribution in [2.24, 2.45) is 0 Å². The van der Waals surface area contributed by atoms with E-state index in [-0.39, 0.29) is 23.4 Å². The van der Waals surface area contributed by atoms with Gasteiger partial charge in [0.1, 0.15) is 10.8 Å². The molecule has 1 unspecified atom stereocenters. The number of benzene rings is 1. The summed E-state index contributed by atoms with van der Waals surface area (Å²) < 4.78 is 36.0. The molecular formula is C15H17FN2O2S2. The van der Waals surface area contributed by atoms with Crippen LogP contribution in [-0.4, -0.2) is 42.9 Å². The molecule has 0 amide bonds. The number of halogens is 1. The lowest BCUT2D eigenvalue weighted by Gasteiger charge is -2.21. The van der Waals surface area contributed by atoms with Gasteiger partial charge in [-0.25, -0.2) is 17.8 Å². The highest BCUT2D eigenvalue weighted by Crippen LogP contribution is 2.25. The van der Waals surface area contributed by atoms with Gasteiger partial charge in [-0.15, -0.1) is 11.3 Å². The molecule has 0 saturated carbocycles. The number of rotatable bonds is 4. The lowest BCUT2D eigenvalue weighted by atomic mass is 10.2. The van der Waals surface area contributed by atoms with Gasteiger partial charge in [0.05, 0.1) is 17.2 Å². The van der Waals surface area contributed by atoms with E-state index >= 15 is 0 Å². The first-order valence-electron chi connectivity index (χ1n) is 7.04. The minimum atomic E-state index is -2.87. The predicted molar refractivity (Wildman–Crippen MR) is 86.0 cm³/mol. The SMILES string of the molecule is CN(Cc1csc(-c2ccc(F)cc2)n1)C1CCS(=O)(=O)C1. The molecule has 1 aliphatic heterocycles. The van der Waals surface area contributed by atoms with Crippen molar-refractivity contribution in [2.45, 2.75) is 19.0 Å². The molecule has 2 aromatic rings. The fourth-order valence-corrected chi connectivity index (χ4v) is 5.23. The van der Waals surface area contributed by atoms with Gasteiger partial charge in [-0.2, -0.15) is 0 Å². The molecule has 1 saturated heterocycles. The third-order valence-corrected chi connectivity index (χ3v) is 6.58. The molecule has 1 aliphatic rings. The van der Waals surface area contributed by atoms with Crippen molar-refractivity contribution in [1.29, 1.82) is 0 Å². The zero-order valence-electron chi connectivity index (χ0n) is 12.2. The summed E-state index contributed by atoms with van der Waals surface area (Å²) in [6.45, 7) is 0.623. The number of hydrogen-bond acceptors (Lipinski definition) is 5. The summed E-state index contributed by atoms with van der Waals surface area (Å²) in [6.07, 6.45) is 0.688. The molecule has 0 bridgehead atoms. The smallest absolute Gasteiger partial charge is 0.151 e. The van der Waals surface area contributed by atoms with Gasteiger partial charge in [0.2, 0.25) is 0 Å². The fraction of sp³-hybridized carbons (Fsp3) is 0.400. The average molecular weight is 340 g/mol. The highest BCUT2D eigenvalue weighted by atomic mass is 32.2. The van der Waals surface area contributed by atoms with E-state index in [4.69, 9.17) is 0 Å². The van der Waals surface area contributed by atoms with Crippen molar-refractivity contribution in [3.8, 4) is 10.6 Å². The van der Waals surface area contributed by atoms with Crippen LogP contribution in [0.3, 0.4) is 0 Å². The maximum atomic E-state index is 12.9. The van der Waals surface area contributed by atoms with Gasteiger partial charge in [-0.1, -0.05) is 0 Å². The number of sulfone groups is 1. The van der Waals surface area contributed by atoms with E-state index in [1.54, 1.807) is 12.1 Å². The lowest BCUT2D eigenvalue weighted by Crippen LogP contribution is -2.32. The second kappa shape index (κ2) is 6.06. The Morgan fingerprint density at radius 2 is 2.09 bits per heavy atom. The van der Waals surface area contributed by atoms with Gasteiger partial charge < -0.3 is 0 Å². The normalized spacial score (nSPS) is 20.6. The van der Waals surface area contributed by atoms with Gasteiger partial charge in [-0.3, -0.25) is 4.90 Å². The van der Waals surface area contributed by atoms with E-state index in [0.717, 1.165) is 16.3 Å². The van der Waals surface area contributed by atoms with Crippen LogP contribution < -0.4 is 0 Å². The molecule has 7 heteroatoms. The Labute approximate surface area is 133 Å². The fourth-order valence-electron chi connectivity index (χ4n) is 2.61. The first kappa shape index (κ1) is 15.6. The minimum absolute atomic E-state index is 0.0703. The van der Waals surface area contributed by atoms with Crippen molar-refractivity contribution in [1.82, 2.24) is 9.88 Å². The van der Waals surface area contributed by atoms with Crippen LogP contribution >= 0.6 is 11.3 Å². The monoisotopic (exact) mass is 340 g/mol. The van der Waals surface area contributed by atoms with Crippen LogP contribution in [0.15, 0.2) is 29.6 Å². The van der Waals surface area contributed by atoms with E-state index in [1.807, 2.05) is 17.3 Å². The molecule has 22 heavy (non-hydrogen) atoms. The second-order valence-corrected chi connectivity index (χ2v) is 8.71. The van der Waals surface area contributed by atoms with E-state index in [2.05, 4.69) is 4.98 Å². The average Bonchev–Trinajstić information content (AvgIpc) is 3.06. The van der Waals surface area contributed by atoms with E-state index in [0.29, 0.717) is 13.0 Å². The van der Waals surface area contributed by atoms with Crippen molar-refractivity contribution in [3.05, 3.63) is 41.2 Å². The van der Waals surface area contributed by atoms with Gasteiger partial charge in [0.15, 0.2) is 9.84 Å². The van der Waals surface area contributed by atoms with Crippen molar-refractivity contribution >= 4 is 21.2 Å². The Morgan fingerprint density at radius 3 is 2.73 bits per heavy atom. The zero-order chi connectivity index (χ0) is 15.7. The molecular weight excluding hydrogens is 323 g/mol. The number of hydrogen-bond donors (Lipinski definition) is 0. The quantitative estimate of drug-likeness (QED) is 0.858. The maximum absolute atomic E-state index is 12.9. The Hall–Kier alpha value is -1.31. The van der Waals surface area contributed by atoms with E-state index in [9.17, 15) is 12.8 Å². The molecule has 0 spiro atoms. The summed E-state index contributed by atoms with van der Waals surface area (Å²) in [6, 6.07) is 6.34. The van der Waals surface area contributed by atoms with Crippen LogP contribution in [0.4, 0.5) is 4.39 Å². The van der Waals surface area contributed by atoms with Crippen molar-refractivity contribution in [2.75, 3.05) is 18.6 Å². The Bertz CT molecular complexity index is 756. The van der Waals surface area contributed by atoms with Gasteiger partial charge in [-0.05, 0) is 37.7 Å². The molecule has 0 aliphatic carbocycles. The van der Waals surface area contributed by atoms with E-state index < -0.39 is 9.84 Å². The van der Waals surface area contributed by atoms with Crippen LogP contribution in [0.25, 0.3) is 10.6 Å². The molecule has 3 rings (SSSR count). The summed E-state index contributed by atoms with van der Waals surface area (Å²) in [5, 5.41) is 2.82. The van der Waals surface area contributed by atoms with E-state index in [1.165, 1.54) is 23.5 Å². The second-order valence-electron chi connectivity index (χ2n) is 5.62. The van der Waals surface area contributed by atoms with Crippen LogP contribution in [0.1, 0.15) is 12.1 Å². The van der Waals surface area contributed by atoms with Gasteiger partial charge in [0, 0.05) is 23.5 Å². The summed E-state index contributed by atoms with van der Waals surface area (Å²) in [5.41, 5.74) is 1.81. The molecule has 1 atom stereocenters. The van der Waals surface area contributed by atoms with Crippen LogP contribution in [0.5, 0.6) is 0 Å². The number of thiazole rings is 1. The van der Waals surface area contributed by atoms with Crippen molar-refractivity contribution < 1.29 is 12.8 Å². The van der Waals surface area contributed by atoms with Crippen LogP contribution in [-0.2, 0) is 16.4 Å². The molecule has 0 radical (unpaired) electrons. The predicted octanol–water partition coefficient (Wildman–Crippen LogP) is 2.57. The standard InChI is InChI=1S/C15H17FN2O2S2/c1-18(14-6-7-22(19,20)10-14)8-13-9-21-15(17-13)11-2-4-12(16)5-3-11/h2-5,9,14H,6-8,10H2,1H3. The minimum Gasteiger partial charge on any atom is -0.297 e. The molecule has 4 nitrogen and oxygen atoms in total. The first-order valence-corrected chi connectivity index (χ1v) is 9.74. The maximum Gasteiger partial charge on any atom is 0.151 e. The molecule has 1 aromatic heterocycles. The van der Waals surface area contributed by atoms with Crippen LogP contribution in [0, 0.1) is 5.82 Å². The summed E-state index contributed by atoms with van der Waals surface area (Å²) in [5.74, 6) is 0.251. The third kappa shape index (κ3) is 3.53. The Morgan fingerprint density at radius 1 is 1.36 bits per heavy atom. The first-order chi connectivity index (χ1) is 10.4. The van der Waals surface area contributed by atoms with Crippen molar-refractivity contribution in [3.63, 3.8) is 0 Å². The topological polar surface area (TPSA) is 50.3 Å². The van der Waals surface area contributed by atoms with Crippen LogP contribution in [0.2, 0.25) is 0 Å². The highest BCUT2D eigenvalue weighted by molar-refractivity contribution is 7.91. The largest absolute Gasteiger partial charge is 0.297 e. The highest BCUT2D eigenvalue weighted by Gasteiger charge is 2.30. The summed E-state index contributed by atoms with van der Waals surface area (Å²) >= 11 is 1.51. The number of nitrogens with zero attached hydrogens (tertiary/aromatic N) is 2. The lowest BCUT2D eigenvalue weighted by molar-refractivity contribution is 0.251. The van der Waals surface area contributed by atoms with Gasteiger partial charge >= 0.3 is 0 Å². The Kier molecular flexibility index (Phi) is 4.29. The summed E-state index contributed by atoms with van der Waals surface area (Å²) in [4.78, 5) is 6.61. The molecule has 118 valence electrons. The summed E-state index contributed by atoms with van der Waals surface area (Å²) in [7, 11) is -0.937. The molecule has 0 N–H and O–H groups in total. The zero-order valence-corrected chi connectivity index (χ0v) is 13.8. The molecule has 1 aromatic carbocycles. The number of aromatic nitrogens is 1. The molecule has 2 heterocycles. The van der Waals surface area contributed by atoms with Gasteiger partial charge in [0.25, 0.3) is 0 Å². The molecule has 1 fully saturated rings. The third-order valence-electron chi connectivity index (χ3n) is 3.89. The Balaban J connectivity index is 1.68.